The molecule has 0 aromatic heterocycles. The van der Waals surface area contributed by atoms with Crippen molar-refractivity contribution in [1.82, 2.24) is 0 Å². The first-order valence-corrected chi connectivity index (χ1v) is 7.78. The number of likely N-dealkylation sites (N-methyl/N-ethyl adjacent to an activating group) is 1. The van der Waals surface area contributed by atoms with Gasteiger partial charge in [0.2, 0.25) is 0 Å². The predicted octanol–water partition coefficient (Wildman–Crippen LogP) is 1.34. The van der Waals surface area contributed by atoms with Crippen molar-refractivity contribution in [3.05, 3.63) is 12.2 Å². The number of hydrogen-bond donors (Lipinski definition) is 1. The standard InChI is InChI=1S/C12H24NO6P/c1-11(2)12(14)17-8-6-9-18-20(15,16)19-10-7-13(3,4)5/h1,6-10H2,2-5H3/p+1. The zero-order valence-corrected chi connectivity index (χ0v) is 13.5. The molecule has 20 heavy (non-hydrogen) atoms. The minimum atomic E-state index is -4.03. The van der Waals surface area contributed by atoms with Crippen molar-refractivity contribution >= 4 is 13.8 Å². The number of ether oxygens (including phenoxy) is 1. The third kappa shape index (κ3) is 11.1. The van der Waals surface area contributed by atoms with Gasteiger partial charge in [0, 0.05) is 12.0 Å². The predicted molar refractivity (Wildman–Crippen MR) is 75.0 cm³/mol. The molecule has 0 radical (unpaired) electrons. The first-order valence-electron chi connectivity index (χ1n) is 6.28. The molecular weight excluding hydrogens is 285 g/mol. The van der Waals surface area contributed by atoms with Crippen LogP contribution in [0.3, 0.4) is 0 Å². The van der Waals surface area contributed by atoms with E-state index in [0.717, 1.165) is 0 Å². The fraction of sp³-hybridized carbons (Fsp3) is 0.750. The van der Waals surface area contributed by atoms with Gasteiger partial charge in [-0.05, 0) is 6.92 Å². The van der Waals surface area contributed by atoms with Gasteiger partial charge in [-0.15, -0.1) is 0 Å². The van der Waals surface area contributed by atoms with E-state index in [1.165, 1.54) is 0 Å². The zero-order chi connectivity index (χ0) is 15.8. The number of quaternary nitrogens is 1. The van der Waals surface area contributed by atoms with Crippen molar-refractivity contribution < 1.29 is 32.5 Å². The third-order valence-electron chi connectivity index (χ3n) is 2.14. The Hall–Kier alpha value is -0.720. The molecule has 0 bridgehead atoms. The highest BCUT2D eigenvalue weighted by atomic mass is 31.2. The lowest BCUT2D eigenvalue weighted by Gasteiger charge is -2.24. The minimum Gasteiger partial charge on any atom is -0.462 e. The highest BCUT2D eigenvalue weighted by Gasteiger charge is 2.22. The maximum absolute atomic E-state index is 11.5. The van der Waals surface area contributed by atoms with Crippen LogP contribution in [0.25, 0.3) is 0 Å². The zero-order valence-electron chi connectivity index (χ0n) is 12.6. The number of esters is 1. The summed E-state index contributed by atoms with van der Waals surface area (Å²) in [5, 5.41) is 0. The van der Waals surface area contributed by atoms with Crippen molar-refractivity contribution in [2.75, 3.05) is 47.5 Å². The number of phosphoric ester groups is 1. The molecule has 0 fully saturated rings. The molecule has 1 N–H and O–H groups in total. The molecule has 0 saturated carbocycles. The lowest BCUT2D eigenvalue weighted by Crippen LogP contribution is -2.37. The van der Waals surface area contributed by atoms with Gasteiger partial charge in [-0.25, -0.2) is 9.36 Å². The van der Waals surface area contributed by atoms with Crippen LogP contribution in [0.4, 0.5) is 0 Å². The number of nitrogens with zero attached hydrogens (tertiary/aromatic N) is 1. The highest BCUT2D eigenvalue weighted by Crippen LogP contribution is 2.43. The normalized spacial score (nSPS) is 14.7. The Bertz CT molecular complexity index is 377. The summed E-state index contributed by atoms with van der Waals surface area (Å²) in [6.45, 7) is 5.77. The molecule has 0 aliphatic carbocycles. The van der Waals surface area contributed by atoms with Crippen LogP contribution in [0, 0.1) is 0 Å². The van der Waals surface area contributed by atoms with Crippen molar-refractivity contribution in [3.63, 3.8) is 0 Å². The minimum absolute atomic E-state index is 0.0262. The Morgan fingerprint density at radius 2 is 1.75 bits per heavy atom. The van der Waals surface area contributed by atoms with E-state index in [1.807, 2.05) is 21.1 Å². The van der Waals surface area contributed by atoms with Crippen LogP contribution in [-0.4, -0.2) is 62.9 Å². The van der Waals surface area contributed by atoms with Gasteiger partial charge in [0.1, 0.15) is 13.2 Å². The molecule has 0 heterocycles. The second-order valence-electron chi connectivity index (χ2n) is 5.42. The number of hydrogen-bond acceptors (Lipinski definition) is 5. The molecule has 0 aromatic carbocycles. The van der Waals surface area contributed by atoms with Gasteiger partial charge in [0.25, 0.3) is 0 Å². The molecule has 0 amide bonds. The van der Waals surface area contributed by atoms with Crippen LogP contribution < -0.4 is 0 Å². The maximum atomic E-state index is 11.5. The molecule has 1 unspecified atom stereocenters. The summed E-state index contributed by atoms with van der Waals surface area (Å²) < 4.78 is 26.5. The van der Waals surface area contributed by atoms with Gasteiger partial charge in [0.05, 0.1) is 34.4 Å². The second-order valence-corrected chi connectivity index (χ2v) is 6.87. The average molecular weight is 310 g/mol. The van der Waals surface area contributed by atoms with Crippen molar-refractivity contribution in [2.45, 2.75) is 13.3 Å². The number of carbonyl (C=O) groups excluding carboxylic acids is 1. The smallest absolute Gasteiger partial charge is 0.462 e. The van der Waals surface area contributed by atoms with Gasteiger partial charge >= 0.3 is 13.8 Å². The van der Waals surface area contributed by atoms with E-state index < -0.39 is 13.8 Å². The van der Waals surface area contributed by atoms with Gasteiger partial charge in [-0.2, -0.15) is 0 Å². The second kappa shape index (κ2) is 8.54. The fourth-order valence-electron chi connectivity index (χ4n) is 0.994. The van der Waals surface area contributed by atoms with Crippen molar-refractivity contribution in [3.8, 4) is 0 Å². The number of rotatable bonds is 10. The summed E-state index contributed by atoms with van der Waals surface area (Å²) in [6, 6.07) is 0. The van der Waals surface area contributed by atoms with E-state index in [-0.39, 0.29) is 19.8 Å². The summed E-state index contributed by atoms with van der Waals surface area (Å²) in [4.78, 5) is 20.4. The number of carbonyl (C=O) groups is 1. The first-order chi connectivity index (χ1) is 9.03. The molecule has 0 rings (SSSR count). The third-order valence-corrected chi connectivity index (χ3v) is 3.16. The van der Waals surface area contributed by atoms with Gasteiger partial charge < -0.3 is 14.1 Å². The molecule has 0 aliphatic rings. The van der Waals surface area contributed by atoms with E-state index in [9.17, 15) is 14.3 Å². The Morgan fingerprint density at radius 3 is 2.25 bits per heavy atom. The summed E-state index contributed by atoms with van der Waals surface area (Å²) >= 11 is 0. The van der Waals surface area contributed by atoms with Crippen LogP contribution >= 0.6 is 7.82 Å². The van der Waals surface area contributed by atoms with Crippen LogP contribution in [0.5, 0.6) is 0 Å². The van der Waals surface area contributed by atoms with Crippen LogP contribution in [0.15, 0.2) is 12.2 Å². The molecular formula is C12H25NO6P+. The van der Waals surface area contributed by atoms with Crippen molar-refractivity contribution in [1.29, 1.82) is 0 Å². The number of phosphoric acid groups is 1. The quantitative estimate of drug-likeness (QED) is 0.215. The topological polar surface area (TPSA) is 82.1 Å². The average Bonchev–Trinajstić information content (AvgIpc) is 2.25. The highest BCUT2D eigenvalue weighted by molar-refractivity contribution is 7.47. The molecule has 0 aliphatic heterocycles. The van der Waals surface area contributed by atoms with Gasteiger partial charge in [0.15, 0.2) is 0 Å². The Balaban J connectivity index is 3.75. The largest absolute Gasteiger partial charge is 0.472 e. The van der Waals surface area contributed by atoms with Gasteiger partial charge in [-0.1, -0.05) is 6.58 Å². The molecule has 1 atom stereocenters. The molecule has 8 heteroatoms. The maximum Gasteiger partial charge on any atom is 0.472 e. The van der Waals surface area contributed by atoms with Crippen LogP contribution in [-0.2, 0) is 23.1 Å². The van der Waals surface area contributed by atoms with Crippen LogP contribution in [0.2, 0.25) is 0 Å². The molecule has 7 nitrogen and oxygen atoms in total. The molecule has 0 spiro atoms. The summed E-state index contributed by atoms with van der Waals surface area (Å²) in [6.07, 6.45) is 0.308. The van der Waals surface area contributed by atoms with E-state index in [2.05, 4.69) is 6.58 Å². The lowest BCUT2D eigenvalue weighted by molar-refractivity contribution is -0.870. The molecule has 0 aromatic rings. The van der Waals surface area contributed by atoms with Crippen LogP contribution in [0.1, 0.15) is 13.3 Å². The molecule has 118 valence electrons. The van der Waals surface area contributed by atoms with Crippen molar-refractivity contribution in [2.24, 2.45) is 0 Å². The lowest BCUT2D eigenvalue weighted by atomic mass is 10.4. The van der Waals surface area contributed by atoms with E-state index >= 15 is 0 Å². The Morgan fingerprint density at radius 1 is 1.20 bits per heavy atom. The van der Waals surface area contributed by atoms with Gasteiger partial charge in [-0.3, -0.25) is 9.05 Å². The van der Waals surface area contributed by atoms with E-state index in [4.69, 9.17) is 13.8 Å². The SMILES string of the molecule is C=C(C)C(=O)OCCCOP(=O)(O)OCC[N+](C)(C)C. The van der Waals surface area contributed by atoms with E-state index in [0.29, 0.717) is 23.0 Å². The first kappa shape index (κ1) is 19.3. The summed E-state index contributed by atoms with van der Waals surface area (Å²) in [5.41, 5.74) is 0.308. The fourth-order valence-corrected chi connectivity index (χ4v) is 1.74. The Kier molecular flexibility index (Phi) is 8.23. The summed E-state index contributed by atoms with van der Waals surface area (Å²) in [7, 11) is 1.81. The Labute approximate surface area is 120 Å². The monoisotopic (exact) mass is 310 g/mol. The van der Waals surface area contributed by atoms with E-state index in [1.54, 1.807) is 6.92 Å². The molecule has 0 saturated heterocycles. The summed E-state index contributed by atoms with van der Waals surface area (Å²) in [5.74, 6) is -0.489.